The van der Waals surface area contributed by atoms with E-state index in [1.54, 1.807) is 13.4 Å². The number of piperidine rings is 1. The highest BCUT2D eigenvalue weighted by Gasteiger charge is 2.40. The SMILES string of the molecule is C=CC(=O)N1CC[C@H]2CCN(c3ncnc4[nH]cc(CCOC)c34)[C@@H]2C1. The lowest BCUT2D eigenvalue weighted by Crippen LogP contribution is -2.50. The number of methoxy groups -OCH3 is 1. The quantitative estimate of drug-likeness (QED) is 0.828. The molecule has 2 aromatic heterocycles. The lowest BCUT2D eigenvalue weighted by molar-refractivity contribution is -0.127. The second-order valence-electron chi connectivity index (χ2n) is 7.06. The van der Waals surface area contributed by atoms with Crippen LogP contribution in [-0.4, -0.2) is 65.2 Å². The van der Waals surface area contributed by atoms with Crippen LogP contribution >= 0.6 is 0 Å². The van der Waals surface area contributed by atoms with Crippen LogP contribution in [0.25, 0.3) is 11.0 Å². The van der Waals surface area contributed by atoms with E-state index in [2.05, 4.69) is 26.4 Å². The van der Waals surface area contributed by atoms with Crippen LogP contribution in [0.1, 0.15) is 18.4 Å². The van der Waals surface area contributed by atoms with Crippen molar-refractivity contribution < 1.29 is 9.53 Å². The molecule has 0 unspecified atom stereocenters. The summed E-state index contributed by atoms with van der Waals surface area (Å²) >= 11 is 0. The van der Waals surface area contributed by atoms with E-state index in [0.717, 1.165) is 55.7 Å². The number of H-pyrrole nitrogens is 1. The van der Waals surface area contributed by atoms with Crippen molar-refractivity contribution in [2.45, 2.75) is 25.3 Å². The Morgan fingerprint density at radius 1 is 1.42 bits per heavy atom. The maximum Gasteiger partial charge on any atom is 0.246 e. The largest absolute Gasteiger partial charge is 0.384 e. The van der Waals surface area contributed by atoms with Crippen LogP contribution in [0.3, 0.4) is 0 Å². The number of aromatic amines is 1. The van der Waals surface area contributed by atoms with Gasteiger partial charge in [-0.1, -0.05) is 6.58 Å². The van der Waals surface area contributed by atoms with Gasteiger partial charge in [0.25, 0.3) is 0 Å². The predicted octanol–water partition coefficient (Wildman–Crippen LogP) is 1.76. The highest BCUT2D eigenvalue weighted by atomic mass is 16.5. The molecule has 2 aliphatic rings. The third kappa shape index (κ3) is 2.86. The Balaban J connectivity index is 1.67. The second kappa shape index (κ2) is 7.07. The molecule has 4 rings (SSSR count). The Labute approximate surface area is 153 Å². The minimum Gasteiger partial charge on any atom is -0.384 e. The molecule has 2 aliphatic heterocycles. The lowest BCUT2D eigenvalue weighted by atomic mass is 9.92. The molecular formula is C19H25N5O2. The number of amides is 1. The molecule has 138 valence electrons. The fourth-order valence-corrected chi connectivity index (χ4v) is 4.37. The van der Waals surface area contributed by atoms with E-state index < -0.39 is 0 Å². The number of hydrogen-bond donors (Lipinski definition) is 1. The average Bonchev–Trinajstić information content (AvgIpc) is 3.29. The maximum atomic E-state index is 12.1. The molecule has 4 heterocycles. The Morgan fingerprint density at radius 3 is 3.08 bits per heavy atom. The Bertz CT molecular complexity index is 817. The van der Waals surface area contributed by atoms with E-state index in [9.17, 15) is 4.79 Å². The Morgan fingerprint density at radius 2 is 2.27 bits per heavy atom. The third-order valence-electron chi connectivity index (χ3n) is 5.73. The normalized spacial score (nSPS) is 22.7. The first-order chi connectivity index (χ1) is 12.7. The van der Waals surface area contributed by atoms with Crippen LogP contribution in [0.5, 0.6) is 0 Å². The minimum atomic E-state index is 0.0190. The fraction of sp³-hybridized carbons (Fsp3) is 0.526. The molecule has 7 nitrogen and oxygen atoms in total. The number of rotatable bonds is 5. The summed E-state index contributed by atoms with van der Waals surface area (Å²) in [6.07, 6.45) is 8.04. The summed E-state index contributed by atoms with van der Waals surface area (Å²) in [5, 5.41) is 1.08. The number of hydrogen-bond acceptors (Lipinski definition) is 5. The van der Waals surface area contributed by atoms with Crippen LogP contribution in [0.4, 0.5) is 5.82 Å². The average molecular weight is 355 g/mol. The highest BCUT2D eigenvalue weighted by Crippen LogP contribution is 2.37. The number of nitrogens with one attached hydrogen (secondary N) is 1. The van der Waals surface area contributed by atoms with Crippen LogP contribution in [0.2, 0.25) is 0 Å². The molecule has 2 saturated heterocycles. The topological polar surface area (TPSA) is 74.4 Å². The number of carbonyl (C=O) groups is 1. The van der Waals surface area contributed by atoms with Gasteiger partial charge in [0.05, 0.1) is 18.0 Å². The van der Waals surface area contributed by atoms with Gasteiger partial charge in [0.1, 0.15) is 17.8 Å². The van der Waals surface area contributed by atoms with E-state index in [1.165, 1.54) is 11.6 Å². The molecule has 1 N–H and O–H groups in total. The monoisotopic (exact) mass is 355 g/mol. The van der Waals surface area contributed by atoms with E-state index >= 15 is 0 Å². The smallest absolute Gasteiger partial charge is 0.246 e. The van der Waals surface area contributed by atoms with Gasteiger partial charge < -0.3 is 19.5 Å². The number of fused-ring (bicyclic) bond motifs is 2. The predicted molar refractivity (Wildman–Crippen MR) is 100 cm³/mol. The number of ether oxygens (including phenoxy) is 1. The first-order valence-corrected chi connectivity index (χ1v) is 9.20. The first kappa shape index (κ1) is 17.0. The Kier molecular flexibility index (Phi) is 4.63. The highest BCUT2D eigenvalue weighted by molar-refractivity contribution is 5.91. The zero-order valence-electron chi connectivity index (χ0n) is 15.1. The third-order valence-corrected chi connectivity index (χ3v) is 5.73. The molecule has 2 atom stereocenters. The van der Waals surface area contributed by atoms with Gasteiger partial charge in [0, 0.05) is 32.9 Å². The molecule has 2 fully saturated rings. The maximum absolute atomic E-state index is 12.1. The number of aromatic nitrogens is 3. The molecule has 0 radical (unpaired) electrons. The zero-order chi connectivity index (χ0) is 18.1. The molecule has 1 amide bonds. The van der Waals surface area contributed by atoms with Gasteiger partial charge in [-0.3, -0.25) is 4.79 Å². The summed E-state index contributed by atoms with van der Waals surface area (Å²) in [7, 11) is 1.71. The molecule has 26 heavy (non-hydrogen) atoms. The molecule has 7 heteroatoms. The van der Waals surface area contributed by atoms with E-state index in [4.69, 9.17) is 4.74 Å². The van der Waals surface area contributed by atoms with Crippen molar-refractivity contribution in [1.29, 1.82) is 0 Å². The molecule has 0 aromatic carbocycles. The number of anilines is 1. The van der Waals surface area contributed by atoms with Crippen molar-refractivity contribution in [3.8, 4) is 0 Å². The van der Waals surface area contributed by atoms with Crippen molar-refractivity contribution in [1.82, 2.24) is 19.9 Å². The minimum absolute atomic E-state index is 0.0190. The van der Waals surface area contributed by atoms with Crippen molar-refractivity contribution in [3.05, 3.63) is 30.7 Å². The first-order valence-electron chi connectivity index (χ1n) is 9.20. The zero-order valence-corrected chi connectivity index (χ0v) is 15.1. The number of nitrogens with zero attached hydrogens (tertiary/aromatic N) is 4. The van der Waals surface area contributed by atoms with Gasteiger partial charge >= 0.3 is 0 Å². The van der Waals surface area contributed by atoms with Crippen LogP contribution < -0.4 is 4.90 Å². The van der Waals surface area contributed by atoms with Gasteiger partial charge in [-0.2, -0.15) is 0 Å². The molecule has 0 aliphatic carbocycles. The summed E-state index contributed by atoms with van der Waals surface area (Å²) in [6, 6.07) is 0.302. The Hall–Kier alpha value is -2.41. The van der Waals surface area contributed by atoms with Crippen molar-refractivity contribution in [2.24, 2.45) is 5.92 Å². The summed E-state index contributed by atoms with van der Waals surface area (Å²) in [6.45, 7) is 6.81. The standard InChI is InChI=1S/C19H25N5O2/c1-3-16(25)23-7-4-13-5-8-24(15(13)11-23)19-17-14(6-9-26-2)10-20-18(17)21-12-22-19/h3,10,12-13,15H,1,4-9,11H2,2H3,(H,20,21,22)/t13-,15+/m0/s1. The van der Waals surface area contributed by atoms with E-state index in [0.29, 0.717) is 18.6 Å². The van der Waals surface area contributed by atoms with Gasteiger partial charge in [0.15, 0.2) is 0 Å². The molecule has 0 spiro atoms. The second-order valence-corrected chi connectivity index (χ2v) is 7.06. The summed E-state index contributed by atoms with van der Waals surface area (Å²) in [5.41, 5.74) is 2.04. The van der Waals surface area contributed by atoms with Gasteiger partial charge in [-0.05, 0) is 36.8 Å². The fourth-order valence-electron chi connectivity index (χ4n) is 4.37. The summed E-state index contributed by atoms with van der Waals surface area (Å²) in [5.74, 6) is 1.60. The molecule has 0 bridgehead atoms. The summed E-state index contributed by atoms with van der Waals surface area (Å²) in [4.78, 5) is 28.7. The van der Waals surface area contributed by atoms with Crippen molar-refractivity contribution in [3.63, 3.8) is 0 Å². The number of likely N-dealkylation sites (tertiary alicyclic amines) is 1. The van der Waals surface area contributed by atoms with Crippen LogP contribution in [-0.2, 0) is 16.0 Å². The van der Waals surface area contributed by atoms with Gasteiger partial charge in [0.2, 0.25) is 5.91 Å². The summed E-state index contributed by atoms with van der Waals surface area (Å²) < 4.78 is 5.25. The molecule has 2 aromatic rings. The van der Waals surface area contributed by atoms with Gasteiger partial charge in [-0.15, -0.1) is 0 Å². The van der Waals surface area contributed by atoms with Gasteiger partial charge in [-0.25, -0.2) is 9.97 Å². The van der Waals surface area contributed by atoms with E-state index in [-0.39, 0.29) is 5.91 Å². The number of carbonyl (C=O) groups excluding carboxylic acids is 1. The van der Waals surface area contributed by atoms with Crippen molar-refractivity contribution in [2.75, 3.05) is 38.3 Å². The lowest BCUT2D eigenvalue weighted by Gasteiger charge is -2.38. The van der Waals surface area contributed by atoms with Crippen LogP contribution in [0.15, 0.2) is 25.2 Å². The van der Waals surface area contributed by atoms with Crippen LogP contribution in [0, 0.1) is 5.92 Å². The van der Waals surface area contributed by atoms with Crippen molar-refractivity contribution >= 4 is 22.8 Å². The molecule has 0 saturated carbocycles. The molecular weight excluding hydrogens is 330 g/mol. The van der Waals surface area contributed by atoms with E-state index in [1.807, 2.05) is 11.1 Å².